The molecule has 2 aliphatic rings. The molecule has 0 bridgehead atoms. The highest BCUT2D eigenvalue weighted by molar-refractivity contribution is 5.87. The SMILES string of the molecule is CC1(c2ccc3cccc(C4(C)CO4)c3c2)CO1. The lowest BCUT2D eigenvalue weighted by Crippen LogP contribution is -2.05. The zero-order chi connectivity index (χ0) is 12.4. The topological polar surface area (TPSA) is 25.1 Å². The summed E-state index contributed by atoms with van der Waals surface area (Å²) < 4.78 is 11.1. The van der Waals surface area contributed by atoms with E-state index < -0.39 is 0 Å². The first-order valence-corrected chi connectivity index (χ1v) is 6.42. The van der Waals surface area contributed by atoms with Gasteiger partial charge < -0.3 is 9.47 Å². The lowest BCUT2D eigenvalue weighted by atomic mass is 9.91. The normalized spacial score (nSPS) is 33.7. The fourth-order valence-corrected chi connectivity index (χ4v) is 2.60. The van der Waals surface area contributed by atoms with Gasteiger partial charge in [-0.25, -0.2) is 0 Å². The molecule has 0 radical (unpaired) electrons. The largest absolute Gasteiger partial charge is 0.365 e. The monoisotopic (exact) mass is 240 g/mol. The minimum Gasteiger partial charge on any atom is -0.365 e. The van der Waals surface area contributed by atoms with Crippen LogP contribution in [0.1, 0.15) is 25.0 Å². The van der Waals surface area contributed by atoms with Crippen LogP contribution in [0.3, 0.4) is 0 Å². The first-order chi connectivity index (χ1) is 8.61. The molecule has 2 unspecified atom stereocenters. The van der Waals surface area contributed by atoms with Gasteiger partial charge in [0.1, 0.15) is 11.2 Å². The van der Waals surface area contributed by atoms with Crippen LogP contribution in [0, 0.1) is 0 Å². The molecule has 2 saturated heterocycles. The quantitative estimate of drug-likeness (QED) is 0.752. The van der Waals surface area contributed by atoms with Crippen LogP contribution in [0.15, 0.2) is 36.4 Å². The summed E-state index contributed by atoms with van der Waals surface area (Å²) in [6.07, 6.45) is 0. The van der Waals surface area contributed by atoms with Crippen molar-refractivity contribution in [2.45, 2.75) is 25.0 Å². The number of rotatable bonds is 2. The molecular weight excluding hydrogens is 224 g/mol. The lowest BCUT2D eigenvalue weighted by molar-refractivity contribution is 0.328. The molecule has 2 atom stereocenters. The number of hydrogen-bond donors (Lipinski definition) is 0. The minimum atomic E-state index is -0.0799. The van der Waals surface area contributed by atoms with E-state index in [0.29, 0.717) is 0 Å². The predicted molar refractivity (Wildman–Crippen MR) is 70.6 cm³/mol. The molecule has 0 saturated carbocycles. The Labute approximate surface area is 107 Å². The minimum absolute atomic E-state index is 0.0629. The van der Waals surface area contributed by atoms with Crippen LogP contribution in [-0.4, -0.2) is 13.2 Å². The molecule has 2 fully saturated rings. The molecular formula is C16H16O2. The van der Waals surface area contributed by atoms with E-state index in [9.17, 15) is 0 Å². The molecule has 2 aliphatic heterocycles. The Bertz CT molecular complexity index is 637. The van der Waals surface area contributed by atoms with Crippen LogP contribution >= 0.6 is 0 Å². The Morgan fingerprint density at radius 3 is 2.33 bits per heavy atom. The molecule has 0 aromatic heterocycles. The van der Waals surface area contributed by atoms with Gasteiger partial charge >= 0.3 is 0 Å². The average molecular weight is 240 g/mol. The van der Waals surface area contributed by atoms with Gasteiger partial charge in [-0.3, -0.25) is 0 Å². The van der Waals surface area contributed by atoms with E-state index in [0.717, 1.165) is 13.2 Å². The van der Waals surface area contributed by atoms with Crippen LogP contribution in [0.5, 0.6) is 0 Å². The van der Waals surface area contributed by atoms with Crippen molar-refractivity contribution in [2.24, 2.45) is 0 Å². The number of benzene rings is 2. The van der Waals surface area contributed by atoms with E-state index >= 15 is 0 Å². The molecule has 4 rings (SSSR count). The summed E-state index contributed by atoms with van der Waals surface area (Å²) in [5, 5.41) is 2.57. The van der Waals surface area contributed by atoms with Crippen molar-refractivity contribution >= 4 is 10.8 Å². The van der Waals surface area contributed by atoms with Crippen LogP contribution in [0.2, 0.25) is 0 Å². The summed E-state index contributed by atoms with van der Waals surface area (Å²) in [6.45, 7) is 5.95. The van der Waals surface area contributed by atoms with E-state index in [1.54, 1.807) is 0 Å². The van der Waals surface area contributed by atoms with Crippen molar-refractivity contribution in [1.29, 1.82) is 0 Å². The predicted octanol–water partition coefficient (Wildman–Crippen LogP) is 3.33. The summed E-state index contributed by atoms with van der Waals surface area (Å²) >= 11 is 0. The van der Waals surface area contributed by atoms with E-state index in [1.807, 2.05) is 0 Å². The Hall–Kier alpha value is -1.38. The van der Waals surface area contributed by atoms with Crippen molar-refractivity contribution in [2.75, 3.05) is 13.2 Å². The lowest BCUT2D eigenvalue weighted by Gasteiger charge is -2.13. The standard InChI is InChI=1S/C16H16O2/c1-15(9-17-15)12-7-6-11-4-3-5-14(13(11)8-12)16(2)10-18-16/h3-8H,9-10H2,1-2H3. The molecule has 0 spiro atoms. The van der Waals surface area contributed by atoms with Gasteiger partial charge in [0.25, 0.3) is 0 Å². The van der Waals surface area contributed by atoms with Crippen molar-refractivity contribution in [3.8, 4) is 0 Å². The fraction of sp³-hybridized carbons (Fsp3) is 0.375. The maximum absolute atomic E-state index is 5.60. The maximum Gasteiger partial charge on any atom is 0.114 e. The first-order valence-electron chi connectivity index (χ1n) is 6.42. The molecule has 2 aromatic rings. The Kier molecular flexibility index (Phi) is 1.84. The average Bonchev–Trinajstić information content (AvgIpc) is 3.29. The van der Waals surface area contributed by atoms with Gasteiger partial charge in [-0.15, -0.1) is 0 Å². The molecule has 0 amide bonds. The molecule has 0 N–H and O–H groups in total. The van der Waals surface area contributed by atoms with Gasteiger partial charge in [-0.2, -0.15) is 0 Å². The van der Waals surface area contributed by atoms with Crippen molar-refractivity contribution in [1.82, 2.24) is 0 Å². The Balaban J connectivity index is 1.96. The Morgan fingerprint density at radius 2 is 1.67 bits per heavy atom. The third kappa shape index (κ3) is 1.43. The highest BCUT2D eigenvalue weighted by Crippen LogP contribution is 2.44. The summed E-state index contributed by atoms with van der Waals surface area (Å²) in [6, 6.07) is 13.1. The van der Waals surface area contributed by atoms with E-state index in [4.69, 9.17) is 9.47 Å². The number of hydrogen-bond acceptors (Lipinski definition) is 2. The Morgan fingerprint density at radius 1 is 0.944 bits per heavy atom. The third-order valence-electron chi connectivity index (χ3n) is 4.22. The summed E-state index contributed by atoms with van der Waals surface area (Å²) in [5.41, 5.74) is 2.42. The molecule has 0 aliphatic carbocycles. The molecule has 92 valence electrons. The van der Waals surface area contributed by atoms with Gasteiger partial charge in [0.05, 0.1) is 13.2 Å². The van der Waals surface area contributed by atoms with Crippen LogP contribution in [0.25, 0.3) is 10.8 Å². The smallest absolute Gasteiger partial charge is 0.114 e. The van der Waals surface area contributed by atoms with Crippen molar-refractivity contribution in [3.63, 3.8) is 0 Å². The van der Waals surface area contributed by atoms with Crippen LogP contribution in [-0.2, 0) is 20.7 Å². The maximum atomic E-state index is 5.60. The van der Waals surface area contributed by atoms with Crippen LogP contribution < -0.4 is 0 Å². The zero-order valence-corrected chi connectivity index (χ0v) is 10.7. The van der Waals surface area contributed by atoms with Gasteiger partial charge in [-0.1, -0.05) is 30.3 Å². The summed E-state index contributed by atoms with van der Waals surface area (Å²) in [5.74, 6) is 0. The number of fused-ring (bicyclic) bond motifs is 1. The van der Waals surface area contributed by atoms with Gasteiger partial charge in [0, 0.05) is 0 Å². The van der Waals surface area contributed by atoms with Gasteiger partial charge in [0.2, 0.25) is 0 Å². The van der Waals surface area contributed by atoms with Gasteiger partial charge in [-0.05, 0) is 41.8 Å². The van der Waals surface area contributed by atoms with Crippen LogP contribution in [0.4, 0.5) is 0 Å². The molecule has 2 heterocycles. The number of ether oxygens (including phenoxy) is 2. The summed E-state index contributed by atoms with van der Waals surface area (Å²) in [4.78, 5) is 0. The second-order valence-electron chi connectivity index (χ2n) is 5.78. The second kappa shape index (κ2) is 3.14. The molecule has 18 heavy (non-hydrogen) atoms. The second-order valence-corrected chi connectivity index (χ2v) is 5.78. The van der Waals surface area contributed by atoms with Crippen molar-refractivity contribution in [3.05, 3.63) is 47.5 Å². The highest BCUT2D eigenvalue weighted by Gasteiger charge is 2.44. The molecule has 2 nitrogen and oxygen atoms in total. The summed E-state index contributed by atoms with van der Waals surface area (Å²) in [7, 11) is 0. The molecule has 2 aromatic carbocycles. The number of epoxide rings is 2. The van der Waals surface area contributed by atoms with E-state index in [2.05, 4.69) is 50.2 Å². The van der Waals surface area contributed by atoms with E-state index in [1.165, 1.54) is 21.9 Å². The third-order valence-corrected chi connectivity index (χ3v) is 4.22. The molecule has 2 heteroatoms. The van der Waals surface area contributed by atoms with Gasteiger partial charge in [0.15, 0.2) is 0 Å². The highest BCUT2D eigenvalue weighted by atomic mass is 16.6. The van der Waals surface area contributed by atoms with E-state index in [-0.39, 0.29) is 11.2 Å². The zero-order valence-electron chi connectivity index (χ0n) is 10.7. The van der Waals surface area contributed by atoms with Crippen molar-refractivity contribution < 1.29 is 9.47 Å². The first kappa shape index (κ1) is 10.5. The fourth-order valence-electron chi connectivity index (χ4n) is 2.60.